The van der Waals surface area contributed by atoms with Crippen LogP contribution in [0.25, 0.3) is 0 Å². The maximum atomic E-state index is 10.4. The van der Waals surface area contributed by atoms with Crippen LogP contribution in [0.2, 0.25) is 0 Å². The van der Waals surface area contributed by atoms with E-state index in [0.29, 0.717) is 12.1 Å². The van der Waals surface area contributed by atoms with E-state index in [4.69, 9.17) is 9.76 Å². The summed E-state index contributed by atoms with van der Waals surface area (Å²) < 4.78 is 29.2. The highest BCUT2D eigenvalue weighted by Gasteiger charge is 2.10. The Balaban J connectivity index is 2.71. The van der Waals surface area contributed by atoms with Gasteiger partial charge in [0.15, 0.2) is 0 Å². The molecule has 1 heterocycles. The lowest BCUT2D eigenvalue weighted by atomic mass is 10.2. The van der Waals surface area contributed by atoms with Gasteiger partial charge in [0, 0.05) is 6.20 Å². The zero-order chi connectivity index (χ0) is 9.19. The summed E-state index contributed by atoms with van der Waals surface area (Å²) >= 11 is 0. The van der Waals surface area contributed by atoms with Gasteiger partial charge in [-0.25, -0.2) is 0 Å². The van der Waals surface area contributed by atoms with Gasteiger partial charge in [-0.05, 0) is 5.57 Å². The molecule has 1 aliphatic rings. The Morgan fingerprint density at radius 1 is 1.58 bits per heavy atom. The normalized spacial score (nSPS) is 17.8. The first-order valence-corrected chi connectivity index (χ1v) is 4.86. The summed E-state index contributed by atoms with van der Waals surface area (Å²) in [5.41, 5.74) is 0.353. The lowest BCUT2D eigenvalue weighted by Crippen LogP contribution is -2.17. The lowest BCUT2D eigenvalue weighted by molar-refractivity contribution is -0.0310. The Hall–Kier alpha value is -0.850. The van der Waals surface area contributed by atoms with Crippen LogP contribution in [-0.2, 0) is 10.1 Å². The van der Waals surface area contributed by atoms with Crippen molar-refractivity contribution in [1.29, 1.82) is 0 Å². The first kappa shape index (κ1) is 9.24. The Morgan fingerprint density at radius 3 is 2.75 bits per heavy atom. The third-order valence-electron chi connectivity index (χ3n) is 1.29. The van der Waals surface area contributed by atoms with Crippen LogP contribution in [0.3, 0.4) is 0 Å². The van der Waals surface area contributed by atoms with E-state index in [1.165, 1.54) is 6.20 Å². The monoisotopic (exact) mass is 191 g/mol. The first-order chi connectivity index (χ1) is 5.47. The van der Waals surface area contributed by atoms with Crippen molar-refractivity contribution in [3.05, 3.63) is 23.9 Å². The van der Waals surface area contributed by atoms with Crippen LogP contribution in [0, 0.1) is 0 Å². The minimum absolute atomic E-state index is 0.328. The summed E-state index contributed by atoms with van der Waals surface area (Å²) in [7, 11) is -4.00. The van der Waals surface area contributed by atoms with Gasteiger partial charge < -0.3 is 0 Å². The molecule has 0 fully saturated rings. The molecule has 0 unspecified atom stereocenters. The Bertz CT molecular complexity index is 316. The molecular weight excluding hydrogens is 182 g/mol. The molecule has 5 nitrogen and oxygen atoms in total. The molecule has 0 aromatic heterocycles. The highest BCUT2D eigenvalue weighted by atomic mass is 32.2. The second kappa shape index (κ2) is 3.26. The van der Waals surface area contributed by atoms with Crippen molar-refractivity contribution in [3.63, 3.8) is 0 Å². The van der Waals surface area contributed by atoms with E-state index < -0.39 is 15.9 Å². The zero-order valence-electron chi connectivity index (χ0n) is 6.21. The Kier molecular flexibility index (Phi) is 2.51. The topological polar surface area (TPSA) is 77.8 Å². The van der Waals surface area contributed by atoms with Gasteiger partial charge in [-0.3, -0.25) is 14.8 Å². The number of hydrogen-bond acceptors (Lipinski definition) is 4. The molecule has 0 aliphatic carbocycles. The van der Waals surface area contributed by atoms with E-state index in [2.05, 4.69) is 0 Å². The smallest absolute Gasteiger partial charge is 0.269 e. The van der Waals surface area contributed by atoms with Gasteiger partial charge in [-0.1, -0.05) is 12.2 Å². The third kappa shape index (κ3) is 3.04. The van der Waals surface area contributed by atoms with Gasteiger partial charge in [0.25, 0.3) is 10.1 Å². The van der Waals surface area contributed by atoms with Crippen LogP contribution >= 0.6 is 0 Å². The second-order valence-corrected chi connectivity index (χ2v) is 3.91. The summed E-state index contributed by atoms with van der Waals surface area (Å²) in [4.78, 5) is 0. The van der Waals surface area contributed by atoms with Gasteiger partial charge in [0.05, 0.1) is 6.54 Å². The molecule has 0 bridgehead atoms. The van der Waals surface area contributed by atoms with Gasteiger partial charge in [-0.2, -0.15) is 8.42 Å². The fraction of sp³-hybridized carbons (Fsp3) is 0.333. The molecule has 0 amide bonds. The van der Waals surface area contributed by atoms with Crippen LogP contribution in [0.15, 0.2) is 23.9 Å². The average molecular weight is 191 g/mol. The zero-order valence-corrected chi connectivity index (χ0v) is 7.03. The largest absolute Gasteiger partial charge is 0.289 e. The van der Waals surface area contributed by atoms with E-state index in [1.807, 2.05) is 0 Å². The van der Waals surface area contributed by atoms with Crippen molar-refractivity contribution >= 4 is 10.1 Å². The van der Waals surface area contributed by atoms with Crippen molar-refractivity contribution in [3.8, 4) is 0 Å². The highest BCUT2D eigenvalue weighted by molar-refractivity contribution is 7.86. The van der Waals surface area contributed by atoms with Crippen molar-refractivity contribution in [2.75, 3.05) is 12.3 Å². The van der Waals surface area contributed by atoms with Crippen LogP contribution in [0.1, 0.15) is 0 Å². The summed E-state index contributed by atoms with van der Waals surface area (Å²) in [6, 6.07) is 0. The van der Waals surface area contributed by atoms with E-state index >= 15 is 0 Å². The van der Waals surface area contributed by atoms with E-state index in [0.717, 1.165) is 5.06 Å². The highest BCUT2D eigenvalue weighted by Crippen LogP contribution is 2.07. The molecule has 1 rings (SSSR count). The molecule has 6 heteroatoms. The molecule has 0 aromatic rings. The molecule has 2 N–H and O–H groups in total. The summed E-state index contributed by atoms with van der Waals surface area (Å²) in [5, 5.41) is 9.75. The molecule has 0 saturated heterocycles. The lowest BCUT2D eigenvalue weighted by Gasteiger charge is -2.14. The summed E-state index contributed by atoms with van der Waals surface area (Å²) in [6.45, 7) is 0.328. The van der Waals surface area contributed by atoms with Crippen molar-refractivity contribution in [1.82, 2.24) is 5.06 Å². The predicted molar refractivity (Wildman–Crippen MR) is 42.1 cm³/mol. The van der Waals surface area contributed by atoms with E-state index in [-0.39, 0.29) is 0 Å². The minimum Gasteiger partial charge on any atom is -0.289 e. The number of rotatable bonds is 2. The second-order valence-electron chi connectivity index (χ2n) is 2.45. The third-order valence-corrected chi connectivity index (χ3v) is 1.99. The summed E-state index contributed by atoms with van der Waals surface area (Å²) in [6.07, 6.45) is 4.40. The molecule has 0 aromatic carbocycles. The molecular formula is C6H9NO4S. The number of hydroxylamine groups is 2. The van der Waals surface area contributed by atoms with Crippen molar-refractivity contribution in [2.45, 2.75) is 0 Å². The number of hydrogen-bond donors (Lipinski definition) is 2. The van der Waals surface area contributed by atoms with Gasteiger partial charge in [-0.15, -0.1) is 0 Å². The molecule has 0 saturated carbocycles. The van der Waals surface area contributed by atoms with Crippen LogP contribution in [-0.4, -0.2) is 35.5 Å². The SMILES string of the molecule is O=S(=O)(O)CC1=CN(O)CC=C1. The fourth-order valence-corrected chi connectivity index (χ4v) is 1.49. The molecule has 0 radical (unpaired) electrons. The van der Waals surface area contributed by atoms with Crippen LogP contribution in [0.5, 0.6) is 0 Å². The predicted octanol–water partition coefficient (Wildman–Crippen LogP) is 0.0191. The van der Waals surface area contributed by atoms with Gasteiger partial charge in [0.1, 0.15) is 5.75 Å². The molecule has 1 aliphatic heterocycles. The summed E-state index contributed by atoms with van der Waals surface area (Å²) in [5.74, 6) is -0.472. The maximum Gasteiger partial charge on any atom is 0.269 e. The van der Waals surface area contributed by atoms with E-state index in [9.17, 15) is 8.42 Å². The van der Waals surface area contributed by atoms with Crippen molar-refractivity contribution < 1.29 is 18.2 Å². The van der Waals surface area contributed by atoms with Gasteiger partial charge >= 0.3 is 0 Å². The first-order valence-electron chi connectivity index (χ1n) is 3.25. The quantitative estimate of drug-likeness (QED) is 0.601. The van der Waals surface area contributed by atoms with Crippen molar-refractivity contribution in [2.24, 2.45) is 0 Å². The molecule has 0 spiro atoms. The van der Waals surface area contributed by atoms with E-state index in [1.54, 1.807) is 12.2 Å². The molecule has 68 valence electrons. The molecule has 0 atom stereocenters. The van der Waals surface area contributed by atoms with Gasteiger partial charge in [0.2, 0.25) is 0 Å². The number of nitrogens with zero attached hydrogens (tertiary/aromatic N) is 1. The van der Waals surface area contributed by atoms with Crippen LogP contribution < -0.4 is 0 Å². The average Bonchev–Trinajstić information content (AvgIpc) is 1.82. The van der Waals surface area contributed by atoms with Crippen LogP contribution in [0.4, 0.5) is 0 Å². The Morgan fingerprint density at radius 2 is 2.25 bits per heavy atom. The Labute approximate surface area is 70.3 Å². The number of allylic oxidation sites excluding steroid dienone is 1. The standard InChI is InChI=1S/C6H9NO4S/c8-7-3-1-2-6(4-7)5-12(9,10)11/h1-2,4,8H,3,5H2,(H,9,10,11). The molecule has 12 heavy (non-hydrogen) atoms. The fourth-order valence-electron chi connectivity index (χ4n) is 0.895. The minimum atomic E-state index is -4.00. The maximum absolute atomic E-state index is 10.4.